The molecule has 0 aliphatic rings. The smallest absolute Gasteiger partial charge is 0.329 e. The summed E-state index contributed by atoms with van der Waals surface area (Å²) in [6.45, 7) is -0.222. The molecule has 0 aromatic heterocycles. The minimum Gasteiger partial charge on any atom is -0.493 e. The van der Waals surface area contributed by atoms with E-state index in [-0.39, 0.29) is 28.2 Å². The van der Waals surface area contributed by atoms with Crippen LogP contribution in [0.2, 0.25) is 10.0 Å². The van der Waals surface area contributed by atoms with Gasteiger partial charge in [0.05, 0.1) is 29.1 Å². The Morgan fingerprint density at radius 1 is 0.914 bits per heavy atom. The molecule has 0 saturated heterocycles. The molecule has 0 heterocycles. The Kier molecular flexibility index (Phi) is 9.05. The highest BCUT2D eigenvalue weighted by molar-refractivity contribution is 6.45. The fourth-order valence-electron chi connectivity index (χ4n) is 2.74. The van der Waals surface area contributed by atoms with E-state index in [1.165, 1.54) is 19.4 Å². The van der Waals surface area contributed by atoms with E-state index in [9.17, 15) is 14.4 Å². The number of hydrogen-bond acceptors (Lipinski definition) is 6. The zero-order chi connectivity index (χ0) is 25.2. The predicted octanol–water partition coefficient (Wildman–Crippen LogP) is 4.11. The fourth-order valence-corrected chi connectivity index (χ4v) is 3.09. The lowest BCUT2D eigenvalue weighted by Crippen LogP contribution is -2.32. The van der Waals surface area contributed by atoms with Gasteiger partial charge in [0.25, 0.3) is 5.91 Å². The van der Waals surface area contributed by atoms with Crippen molar-refractivity contribution in [2.24, 2.45) is 5.10 Å². The first-order chi connectivity index (χ1) is 16.9. The summed E-state index contributed by atoms with van der Waals surface area (Å²) < 4.78 is 10.8. The van der Waals surface area contributed by atoms with E-state index in [2.05, 4.69) is 21.2 Å². The van der Waals surface area contributed by atoms with Crippen molar-refractivity contribution in [3.63, 3.8) is 0 Å². The van der Waals surface area contributed by atoms with Gasteiger partial charge in [-0.15, -0.1) is 0 Å². The third-order valence-electron chi connectivity index (χ3n) is 4.39. The van der Waals surface area contributed by atoms with Gasteiger partial charge < -0.3 is 20.1 Å². The molecule has 3 amide bonds. The molecule has 0 aliphatic carbocycles. The quantitative estimate of drug-likeness (QED) is 0.237. The molecule has 3 aromatic carbocycles. The number of rotatable bonds is 8. The number of hydrazone groups is 1. The number of carbonyl (C=O) groups is 3. The van der Waals surface area contributed by atoms with Gasteiger partial charge in [0, 0.05) is 5.69 Å². The van der Waals surface area contributed by atoms with Crippen LogP contribution in [0.3, 0.4) is 0 Å². The number of amides is 3. The van der Waals surface area contributed by atoms with Crippen LogP contribution in [0.15, 0.2) is 71.8 Å². The van der Waals surface area contributed by atoms with E-state index in [1.54, 1.807) is 42.5 Å². The van der Waals surface area contributed by atoms with Crippen LogP contribution in [0, 0.1) is 0 Å². The lowest BCUT2D eigenvalue weighted by molar-refractivity contribution is -0.136. The average molecular weight is 515 g/mol. The zero-order valence-electron chi connectivity index (χ0n) is 18.4. The van der Waals surface area contributed by atoms with Crippen molar-refractivity contribution < 1.29 is 23.9 Å². The number of hydrogen-bond donors (Lipinski definition) is 3. The van der Waals surface area contributed by atoms with Crippen LogP contribution < -0.4 is 25.5 Å². The second-order valence-corrected chi connectivity index (χ2v) is 7.65. The monoisotopic (exact) mass is 514 g/mol. The normalized spacial score (nSPS) is 10.5. The number of nitrogens with zero attached hydrogens (tertiary/aromatic N) is 1. The Balaban J connectivity index is 1.53. The van der Waals surface area contributed by atoms with Crippen molar-refractivity contribution in [2.75, 3.05) is 24.4 Å². The molecular weight excluding hydrogens is 495 g/mol. The molecule has 0 fully saturated rings. The van der Waals surface area contributed by atoms with Gasteiger partial charge in [0.2, 0.25) is 0 Å². The Bertz CT molecular complexity index is 1250. The maximum atomic E-state index is 12.1. The third-order valence-corrected chi connectivity index (χ3v) is 5.21. The Morgan fingerprint density at radius 2 is 1.69 bits per heavy atom. The van der Waals surface area contributed by atoms with Crippen molar-refractivity contribution in [1.29, 1.82) is 0 Å². The summed E-state index contributed by atoms with van der Waals surface area (Å²) in [7, 11) is 1.44. The molecule has 0 aliphatic heterocycles. The average Bonchev–Trinajstić information content (AvgIpc) is 2.86. The maximum Gasteiger partial charge on any atom is 0.329 e. The van der Waals surface area contributed by atoms with Gasteiger partial charge in [0.1, 0.15) is 0 Å². The fraction of sp³-hybridized carbons (Fsp3) is 0.0833. The Hall–Kier alpha value is -4.08. The van der Waals surface area contributed by atoms with E-state index in [1.807, 2.05) is 18.2 Å². The molecule has 0 saturated carbocycles. The van der Waals surface area contributed by atoms with Gasteiger partial charge in [0.15, 0.2) is 18.1 Å². The SMILES string of the molecule is COc1cc(/C=N\NC(=O)C(=O)Nc2cccc(Cl)c2Cl)ccc1OCC(=O)Nc1ccccc1. The first kappa shape index (κ1) is 25.5. The molecule has 3 N–H and O–H groups in total. The van der Waals surface area contributed by atoms with Crippen molar-refractivity contribution in [3.05, 3.63) is 82.3 Å². The molecule has 0 unspecified atom stereocenters. The lowest BCUT2D eigenvalue weighted by atomic mass is 10.2. The van der Waals surface area contributed by atoms with E-state index in [0.29, 0.717) is 22.7 Å². The van der Waals surface area contributed by atoms with E-state index >= 15 is 0 Å². The van der Waals surface area contributed by atoms with Gasteiger partial charge in [-0.05, 0) is 48.0 Å². The number of methoxy groups -OCH3 is 1. The van der Waals surface area contributed by atoms with Gasteiger partial charge in [-0.3, -0.25) is 14.4 Å². The number of para-hydroxylation sites is 1. The van der Waals surface area contributed by atoms with Gasteiger partial charge in [-0.25, -0.2) is 5.43 Å². The van der Waals surface area contributed by atoms with Gasteiger partial charge >= 0.3 is 11.8 Å². The molecule has 35 heavy (non-hydrogen) atoms. The highest BCUT2D eigenvalue weighted by Crippen LogP contribution is 2.29. The van der Waals surface area contributed by atoms with Crippen molar-refractivity contribution in [3.8, 4) is 11.5 Å². The Labute approximate surface area is 211 Å². The highest BCUT2D eigenvalue weighted by Gasteiger charge is 2.15. The maximum absolute atomic E-state index is 12.1. The number of anilines is 2. The molecule has 9 nitrogen and oxygen atoms in total. The third kappa shape index (κ3) is 7.46. The largest absolute Gasteiger partial charge is 0.493 e. The lowest BCUT2D eigenvalue weighted by Gasteiger charge is -2.11. The number of nitrogens with one attached hydrogen (secondary N) is 3. The summed E-state index contributed by atoms with van der Waals surface area (Å²) in [5, 5.41) is 9.19. The van der Waals surface area contributed by atoms with Crippen LogP contribution >= 0.6 is 23.2 Å². The zero-order valence-corrected chi connectivity index (χ0v) is 19.9. The number of halogens is 2. The first-order valence-electron chi connectivity index (χ1n) is 10.1. The molecule has 0 bridgehead atoms. The first-order valence-corrected chi connectivity index (χ1v) is 10.9. The molecule has 0 radical (unpaired) electrons. The van der Waals surface area contributed by atoms with Crippen molar-refractivity contribution >= 4 is 58.5 Å². The van der Waals surface area contributed by atoms with Crippen LogP contribution in [-0.4, -0.2) is 37.7 Å². The van der Waals surface area contributed by atoms with Crippen LogP contribution in [0.4, 0.5) is 11.4 Å². The molecule has 11 heteroatoms. The number of ether oxygens (including phenoxy) is 2. The van der Waals surface area contributed by atoms with Crippen molar-refractivity contribution in [1.82, 2.24) is 5.43 Å². The summed E-state index contributed by atoms with van der Waals surface area (Å²) in [5.41, 5.74) is 3.51. The van der Waals surface area contributed by atoms with E-state index in [0.717, 1.165) is 0 Å². The molecule has 0 atom stereocenters. The van der Waals surface area contributed by atoms with Crippen LogP contribution in [0.1, 0.15) is 5.56 Å². The van der Waals surface area contributed by atoms with Gasteiger partial charge in [-0.1, -0.05) is 47.5 Å². The second kappa shape index (κ2) is 12.4. The number of carbonyl (C=O) groups excluding carboxylic acids is 3. The standard InChI is InChI=1S/C24H20Cl2N4O5/c1-34-20-12-15(10-11-19(20)35-14-21(31)28-16-6-3-2-4-7-16)13-27-30-24(33)23(32)29-18-9-5-8-17(25)22(18)26/h2-13H,14H2,1H3,(H,28,31)(H,29,32)(H,30,33)/b27-13-. The number of benzene rings is 3. The molecule has 0 spiro atoms. The molecule has 3 rings (SSSR count). The molecule has 180 valence electrons. The molecule has 3 aromatic rings. The van der Waals surface area contributed by atoms with E-state index in [4.69, 9.17) is 32.7 Å². The van der Waals surface area contributed by atoms with Crippen LogP contribution in [-0.2, 0) is 14.4 Å². The summed E-state index contributed by atoms with van der Waals surface area (Å²) >= 11 is 11.9. The van der Waals surface area contributed by atoms with Crippen LogP contribution in [0.5, 0.6) is 11.5 Å². The second-order valence-electron chi connectivity index (χ2n) is 6.87. The topological polar surface area (TPSA) is 118 Å². The summed E-state index contributed by atoms with van der Waals surface area (Å²) in [5.74, 6) is -1.62. The van der Waals surface area contributed by atoms with Crippen molar-refractivity contribution in [2.45, 2.75) is 0 Å². The summed E-state index contributed by atoms with van der Waals surface area (Å²) in [6.07, 6.45) is 1.31. The summed E-state index contributed by atoms with van der Waals surface area (Å²) in [4.78, 5) is 36.1. The minimum absolute atomic E-state index is 0.116. The predicted molar refractivity (Wildman–Crippen MR) is 134 cm³/mol. The van der Waals surface area contributed by atoms with E-state index < -0.39 is 11.8 Å². The van der Waals surface area contributed by atoms with Gasteiger partial charge in [-0.2, -0.15) is 5.10 Å². The summed E-state index contributed by atoms with van der Waals surface area (Å²) in [6, 6.07) is 18.4. The molecular formula is C24H20Cl2N4O5. The minimum atomic E-state index is -1.01. The van der Waals surface area contributed by atoms with Crippen LogP contribution in [0.25, 0.3) is 0 Å². The highest BCUT2D eigenvalue weighted by atomic mass is 35.5. The Morgan fingerprint density at radius 3 is 2.43 bits per heavy atom.